The first-order valence-corrected chi connectivity index (χ1v) is 9.40. The lowest BCUT2D eigenvalue weighted by atomic mass is 9.86. The number of anilines is 1. The van der Waals surface area contributed by atoms with Crippen LogP contribution in [-0.4, -0.2) is 30.9 Å². The number of aryl methyl sites for hydroxylation is 1. The number of hydrogen-bond donors (Lipinski definition) is 1. The van der Waals surface area contributed by atoms with Crippen molar-refractivity contribution in [1.29, 1.82) is 0 Å². The molecule has 4 aromatic rings. The molecule has 1 atom stereocenters. The van der Waals surface area contributed by atoms with Crippen molar-refractivity contribution < 1.29 is 4.79 Å². The summed E-state index contributed by atoms with van der Waals surface area (Å²) in [5, 5.41) is 15.9. The molecule has 0 bridgehead atoms. The van der Waals surface area contributed by atoms with E-state index in [9.17, 15) is 4.79 Å². The topological polar surface area (TPSA) is 85.6 Å². The maximum atomic E-state index is 12.5. The van der Waals surface area contributed by atoms with Crippen LogP contribution in [0, 0.1) is 6.92 Å². The molecule has 1 unspecified atom stereocenters. The number of nitrogens with zero attached hydrogens (tertiary/aromatic N) is 5. The maximum absolute atomic E-state index is 12.5. The summed E-state index contributed by atoms with van der Waals surface area (Å²) in [4.78, 5) is 17.1. The van der Waals surface area contributed by atoms with Crippen LogP contribution in [0.25, 0.3) is 17.2 Å². The lowest BCUT2D eigenvalue weighted by Gasteiger charge is -2.24. The number of benzene rings is 2. The predicted molar refractivity (Wildman–Crippen MR) is 109 cm³/mol. The quantitative estimate of drug-likeness (QED) is 0.586. The van der Waals surface area contributed by atoms with Gasteiger partial charge < -0.3 is 5.32 Å². The molecule has 0 saturated heterocycles. The first-order chi connectivity index (χ1) is 14.2. The molecule has 1 N–H and O–H groups in total. The fraction of sp³-hybridized carbons (Fsp3) is 0.136. The van der Waals surface area contributed by atoms with Gasteiger partial charge in [0.2, 0.25) is 5.91 Å². The molecule has 0 saturated carbocycles. The van der Waals surface area contributed by atoms with E-state index in [0.717, 1.165) is 22.4 Å². The molecule has 0 radical (unpaired) electrons. The Labute approximate surface area is 167 Å². The van der Waals surface area contributed by atoms with Crippen molar-refractivity contribution in [3.8, 4) is 17.2 Å². The summed E-state index contributed by atoms with van der Waals surface area (Å²) >= 11 is 0. The fourth-order valence-electron chi connectivity index (χ4n) is 3.79. The third-order valence-corrected chi connectivity index (χ3v) is 5.11. The summed E-state index contributed by atoms with van der Waals surface area (Å²) in [6, 6.07) is 19.8. The minimum atomic E-state index is -0.0565. The molecule has 7 nitrogen and oxygen atoms in total. The zero-order chi connectivity index (χ0) is 19.8. The lowest BCUT2D eigenvalue weighted by Crippen LogP contribution is -2.25. The molecule has 142 valence electrons. The Balaban J connectivity index is 1.63. The molecular weight excluding hydrogens is 364 g/mol. The van der Waals surface area contributed by atoms with Crippen LogP contribution in [-0.2, 0) is 4.79 Å². The molecule has 3 heterocycles. The predicted octanol–water partition coefficient (Wildman–Crippen LogP) is 3.51. The third-order valence-electron chi connectivity index (χ3n) is 5.11. The normalized spacial score (nSPS) is 15.6. The van der Waals surface area contributed by atoms with Crippen molar-refractivity contribution in [2.45, 2.75) is 19.3 Å². The van der Waals surface area contributed by atoms with E-state index < -0.39 is 0 Å². The molecular formula is C22H18N6O. The third kappa shape index (κ3) is 3.06. The molecule has 2 aromatic carbocycles. The lowest BCUT2D eigenvalue weighted by molar-refractivity contribution is -0.116. The standard InChI is InChI=1S/C22H18N6O/c1-14-20-17(15-8-4-2-5-9-15)12-19(29)25-21(20)28(27-14)22-24-18(13-23-26-22)16-10-6-3-7-11-16/h2-11,13,17H,12H2,1H3,(H,25,29). The SMILES string of the molecule is Cc1nn(-c2nncc(-c3ccccc3)n2)c2c1C(c1ccccc1)CC(=O)N2. The van der Waals surface area contributed by atoms with Gasteiger partial charge in [-0.1, -0.05) is 60.7 Å². The number of fused-ring (bicyclic) bond motifs is 1. The minimum absolute atomic E-state index is 0.0559. The number of nitrogens with one attached hydrogen (secondary N) is 1. The fourth-order valence-corrected chi connectivity index (χ4v) is 3.79. The number of carbonyl (C=O) groups excluding carboxylic acids is 1. The van der Waals surface area contributed by atoms with Crippen molar-refractivity contribution >= 4 is 11.7 Å². The van der Waals surface area contributed by atoms with Gasteiger partial charge in [-0.25, -0.2) is 4.98 Å². The highest BCUT2D eigenvalue weighted by molar-refractivity contribution is 5.95. The largest absolute Gasteiger partial charge is 0.310 e. The van der Waals surface area contributed by atoms with Crippen LogP contribution >= 0.6 is 0 Å². The summed E-state index contributed by atoms with van der Waals surface area (Å²) in [5.41, 5.74) is 4.54. The molecule has 2 aromatic heterocycles. The minimum Gasteiger partial charge on any atom is -0.310 e. The summed E-state index contributed by atoms with van der Waals surface area (Å²) < 4.78 is 1.58. The van der Waals surface area contributed by atoms with Gasteiger partial charge in [0.05, 0.1) is 17.6 Å². The average molecular weight is 382 g/mol. The van der Waals surface area contributed by atoms with Gasteiger partial charge >= 0.3 is 0 Å². The van der Waals surface area contributed by atoms with Crippen LogP contribution in [0.3, 0.4) is 0 Å². The van der Waals surface area contributed by atoms with Crippen molar-refractivity contribution in [3.05, 3.63) is 83.7 Å². The van der Waals surface area contributed by atoms with Crippen LogP contribution in [0.5, 0.6) is 0 Å². The molecule has 7 heteroatoms. The molecule has 0 aliphatic carbocycles. The molecule has 0 spiro atoms. The van der Waals surface area contributed by atoms with Crippen LogP contribution in [0.2, 0.25) is 0 Å². The Bertz CT molecular complexity index is 1190. The summed E-state index contributed by atoms with van der Waals surface area (Å²) in [7, 11) is 0. The molecule has 29 heavy (non-hydrogen) atoms. The molecule has 1 amide bonds. The van der Waals surface area contributed by atoms with Gasteiger partial charge in [-0.05, 0) is 12.5 Å². The van der Waals surface area contributed by atoms with E-state index in [1.807, 2.05) is 67.6 Å². The van der Waals surface area contributed by atoms with E-state index in [2.05, 4.69) is 25.6 Å². The van der Waals surface area contributed by atoms with Crippen LogP contribution in [0.1, 0.15) is 29.2 Å². The van der Waals surface area contributed by atoms with Gasteiger partial charge in [-0.2, -0.15) is 14.9 Å². The average Bonchev–Trinajstić information content (AvgIpc) is 3.11. The molecule has 0 fully saturated rings. The Hall–Kier alpha value is -3.87. The number of aromatic nitrogens is 5. The number of hydrogen-bond acceptors (Lipinski definition) is 5. The van der Waals surface area contributed by atoms with E-state index in [0.29, 0.717) is 23.9 Å². The number of carbonyl (C=O) groups is 1. The van der Waals surface area contributed by atoms with E-state index in [-0.39, 0.29) is 11.8 Å². The zero-order valence-corrected chi connectivity index (χ0v) is 15.8. The Morgan fingerprint density at radius 3 is 2.52 bits per heavy atom. The smallest absolute Gasteiger partial charge is 0.272 e. The monoisotopic (exact) mass is 382 g/mol. The molecule has 5 rings (SSSR count). The van der Waals surface area contributed by atoms with E-state index in [1.54, 1.807) is 10.9 Å². The highest BCUT2D eigenvalue weighted by atomic mass is 16.1. The van der Waals surface area contributed by atoms with Gasteiger partial charge in [-0.3, -0.25) is 4.79 Å². The summed E-state index contributed by atoms with van der Waals surface area (Å²) in [6.07, 6.45) is 2.00. The van der Waals surface area contributed by atoms with Crippen molar-refractivity contribution in [1.82, 2.24) is 25.0 Å². The first-order valence-electron chi connectivity index (χ1n) is 9.40. The Morgan fingerprint density at radius 1 is 1.03 bits per heavy atom. The van der Waals surface area contributed by atoms with E-state index in [1.165, 1.54) is 0 Å². The highest BCUT2D eigenvalue weighted by Crippen LogP contribution is 2.39. The van der Waals surface area contributed by atoms with Gasteiger partial charge in [-0.15, -0.1) is 5.10 Å². The van der Waals surface area contributed by atoms with Gasteiger partial charge in [0.25, 0.3) is 5.95 Å². The summed E-state index contributed by atoms with van der Waals surface area (Å²) in [5.74, 6) is 0.822. The van der Waals surface area contributed by atoms with Crippen molar-refractivity contribution in [3.63, 3.8) is 0 Å². The zero-order valence-electron chi connectivity index (χ0n) is 15.8. The van der Waals surface area contributed by atoms with Crippen LogP contribution in [0.4, 0.5) is 5.82 Å². The molecule has 1 aliphatic rings. The van der Waals surface area contributed by atoms with E-state index >= 15 is 0 Å². The van der Waals surface area contributed by atoms with E-state index in [4.69, 9.17) is 0 Å². The number of rotatable bonds is 3. The van der Waals surface area contributed by atoms with Crippen LogP contribution in [0.15, 0.2) is 66.9 Å². The second kappa shape index (κ2) is 6.94. The Morgan fingerprint density at radius 2 is 1.76 bits per heavy atom. The summed E-state index contributed by atoms with van der Waals surface area (Å²) in [6.45, 7) is 1.94. The van der Waals surface area contributed by atoms with Crippen molar-refractivity contribution in [2.75, 3.05) is 5.32 Å². The first kappa shape index (κ1) is 17.2. The van der Waals surface area contributed by atoms with Gasteiger partial charge in [0.1, 0.15) is 5.82 Å². The van der Waals surface area contributed by atoms with Gasteiger partial charge in [0, 0.05) is 23.5 Å². The second-order valence-corrected chi connectivity index (χ2v) is 6.98. The van der Waals surface area contributed by atoms with Crippen molar-refractivity contribution in [2.24, 2.45) is 0 Å². The van der Waals surface area contributed by atoms with Gasteiger partial charge in [0.15, 0.2) is 0 Å². The molecule has 1 aliphatic heterocycles. The highest BCUT2D eigenvalue weighted by Gasteiger charge is 2.33. The Kier molecular flexibility index (Phi) is 4.13. The number of amides is 1. The van der Waals surface area contributed by atoms with Crippen LogP contribution < -0.4 is 5.32 Å². The second-order valence-electron chi connectivity index (χ2n) is 6.98. The maximum Gasteiger partial charge on any atom is 0.272 e.